The highest BCUT2D eigenvalue weighted by Crippen LogP contribution is 2.36. The molecule has 1 aromatic carbocycles. The molecule has 4 nitrogen and oxygen atoms in total. The highest BCUT2D eigenvalue weighted by molar-refractivity contribution is 5.93. The fourth-order valence-electron chi connectivity index (χ4n) is 2.39. The highest BCUT2D eigenvalue weighted by Gasteiger charge is 2.30. The number of rotatable bonds is 2. The summed E-state index contributed by atoms with van der Waals surface area (Å²) >= 11 is 0. The molecule has 20 heavy (non-hydrogen) atoms. The van der Waals surface area contributed by atoms with Crippen LogP contribution in [0, 0.1) is 0 Å². The van der Waals surface area contributed by atoms with E-state index in [1.165, 1.54) is 0 Å². The summed E-state index contributed by atoms with van der Waals surface area (Å²) in [7, 11) is 0. The zero-order valence-corrected chi connectivity index (χ0v) is 11.2. The number of furan rings is 1. The fraction of sp³-hybridized carbons (Fsp3) is 0.188. The molecule has 2 aromatic rings. The zero-order chi connectivity index (χ0) is 13.9. The number of amides is 1. The number of nitrogens with zero attached hydrogens (tertiary/aromatic N) is 1. The van der Waals surface area contributed by atoms with Gasteiger partial charge in [0.25, 0.3) is 0 Å². The fourth-order valence-corrected chi connectivity index (χ4v) is 2.39. The largest absolute Gasteiger partial charge is 0.472 e. The molecule has 1 aromatic heterocycles. The van der Waals surface area contributed by atoms with Gasteiger partial charge in [0.1, 0.15) is 0 Å². The van der Waals surface area contributed by atoms with Crippen LogP contribution in [0.3, 0.4) is 0 Å². The molecule has 0 saturated carbocycles. The Morgan fingerprint density at radius 2 is 2.20 bits per heavy atom. The van der Waals surface area contributed by atoms with Gasteiger partial charge in [0, 0.05) is 5.56 Å². The molecule has 0 saturated heterocycles. The average molecular weight is 269 g/mol. The number of carbonyl (C=O) groups is 1. The molecular weight excluding hydrogens is 254 g/mol. The summed E-state index contributed by atoms with van der Waals surface area (Å²) in [5.41, 5.74) is 2.77. The van der Waals surface area contributed by atoms with Gasteiger partial charge in [-0.15, -0.1) is 0 Å². The van der Waals surface area contributed by atoms with Crippen molar-refractivity contribution in [3.63, 3.8) is 0 Å². The molecule has 1 unspecified atom stereocenters. The van der Waals surface area contributed by atoms with E-state index in [4.69, 9.17) is 9.15 Å². The first kappa shape index (κ1) is 12.5. The lowest BCUT2D eigenvalue weighted by atomic mass is 10.00. The number of benzene rings is 1. The van der Waals surface area contributed by atoms with Crippen molar-refractivity contribution in [1.29, 1.82) is 0 Å². The van der Waals surface area contributed by atoms with Crippen LogP contribution in [-0.2, 0) is 4.74 Å². The van der Waals surface area contributed by atoms with Crippen LogP contribution in [0.25, 0.3) is 6.08 Å². The number of carbonyl (C=O) groups excluding carboxylic acids is 1. The monoisotopic (exact) mass is 269 g/mol. The second kappa shape index (κ2) is 5.25. The number of ether oxygens (including phenoxy) is 1. The van der Waals surface area contributed by atoms with E-state index in [1.807, 2.05) is 42.5 Å². The summed E-state index contributed by atoms with van der Waals surface area (Å²) < 4.78 is 10.3. The number of para-hydroxylation sites is 1. The predicted molar refractivity (Wildman–Crippen MR) is 76.4 cm³/mol. The SMILES string of the molecule is CCOC(=O)N1c2ccccc2C=CC1c1ccoc1. The first-order chi connectivity index (χ1) is 9.81. The predicted octanol–water partition coefficient (Wildman–Crippen LogP) is 4.01. The smallest absolute Gasteiger partial charge is 0.415 e. The van der Waals surface area contributed by atoms with Gasteiger partial charge in [0.2, 0.25) is 0 Å². The Labute approximate surface area is 117 Å². The summed E-state index contributed by atoms with van der Waals surface area (Å²) in [4.78, 5) is 14.0. The molecule has 1 aliphatic heterocycles. The van der Waals surface area contributed by atoms with Crippen molar-refractivity contribution in [3.05, 3.63) is 60.1 Å². The normalized spacial score (nSPS) is 16.9. The standard InChI is InChI=1S/C16H15NO3/c1-2-20-16(18)17-14-6-4-3-5-12(14)7-8-15(17)13-9-10-19-11-13/h3-11,15H,2H2,1H3. The third kappa shape index (κ3) is 2.09. The summed E-state index contributed by atoms with van der Waals surface area (Å²) in [5, 5.41) is 0. The van der Waals surface area contributed by atoms with Gasteiger partial charge in [-0.3, -0.25) is 4.90 Å². The Morgan fingerprint density at radius 1 is 1.35 bits per heavy atom. The molecular formula is C16H15NO3. The lowest BCUT2D eigenvalue weighted by molar-refractivity contribution is 0.158. The van der Waals surface area contributed by atoms with E-state index >= 15 is 0 Å². The molecule has 4 heteroatoms. The molecule has 1 atom stereocenters. The molecule has 2 heterocycles. The number of hydrogen-bond donors (Lipinski definition) is 0. The van der Waals surface area contributed by atoms with Crippen LogP contribution in [0.1, 0.15) is 24.1 Å². The first-order valence-electron chi connectivity index (χ1n) is 6.56. The Kier molecular flexibility index (Phi) is 3.29. The van der Waals surface area contributed by atoms with Crippen LogP contribution in [0.2, 0.25) is 0 Å². The van der Waals surface area contributed by atoms with Gasteiger partial charge < -0.3 is 9.15 Å². The van der Waals surface area contributed by atoms with Gasteiger partial charge in [-0.2, -0.15) is 0 Å². The van der Waals surface area contributed by atoms with E-state index in [9.17, 15) is 4.79 Å². The Hall–Kier alpha value is -2.49. The van der Waals surface area contributed by atoms with E-state index in [0.717, 1.165) is 16.8 Å². The third-order valence-electron chi connectivity index (χ3n) is 3.28. The maximum Gasteiger partial charge on any atom is 0.415 e. The van der Waals surface area contributed by atoms with Crippen molar-refractivity contribution in [1.82, 2.24) is 0 Å². The van der Waals surface area contributed by atoms with E-state index in [0.29, 0.717) is 6.61 Å². The number of anilines is 1. The van der Waals surface area contributed by atoms with Crippen LogP contribution in [0.5, 0.6) is 0 Å². The summed E-state index contributed by atoms with van der Waals surface area (Å²) in [6.07, 6.45) is 6.89. The van der Waals surface area contributed by atoms with Gasteiger partial charge in [0.15, 0.2) is 0 Å². The Morgan fingerprint density at radius 3 is 2.95 bits per heavy atom. The quantitative estimate of drug-likeness (QED) is 0.827. The van der Waals surface area contributed by atoms with Crippen molar-refractivity contribution in [3.8, 4) is 0 Å². The van der Waals surface area contributed by atoms with Gasteiger partial charge in [-0.25, -0.2) is 4.79 Å². The van der Waals surface area contributed by atoms with Crippen LogP contribution in [0.4, 0.5) is 10.5 Å². The van der Waals surface area contributed by atoms with E-state index in [1.54, 1.807) is 24.3 Å². The zero-order valence-electron chi connectivity index (χ0n) is 11.2. The summed E-state index contributed by atoms with van der Waals surface area (Å²) in [6, 6.07) is 9.41. The second-order valence-electron chi connectivity index (χ2n) is 4.49. The summed E-state index contributed by atoms with van der Waals surface area (Å²) in [5.74, 6) is 0. The van der Waals surface area contributed by atoms with Crippen molar-refractivity contribution in [2.24, 2.45) is 0 Å². The van der Waals surface area contributed by atoms with Crippen molar-refractivity contribution < 1.29 is 13.9 Å². The topological polar surface area (TPSA) is 42.7 Å². The van der Waals surface area contributed by atoms with E-state index < -0.39 is 0 Å². The molecule has 0 spiro atoms. The minimum Gasteiger partial charge on any atom is -0.472 e. The lowest BCUT2D eigenvalue weighted by Crippen LogP contribution is -2.36. The van der Waals surface area contributed by atoms with E-state index in [2.05, 4.69) is 0 Å². The van der Waals surface area contributed by atoms with E-state index in [-0.39, 0.29) is 12.1 Å². The molecule has 3 rings (SSSR count). The van der Waals surface area contributed by atoms with Gasteiger partial charge in [-0.05, 0) is 24.6 Å². The minimum atomic E-state index is -0.351. The average Bonchev–Trinajstić information content (AvgIpc) is 3.00. The molecule has 0 bridgehead atoms. The summed E-state index contributed by atoms with van der Waals surface area (Å²) in [6.45, 7) is 2.15. The second-order valence-corrected chi connectivity index (χ2v) is 4.49. The Bertz CT molecular complexity index is 631. The van der Waals surface area contributed by atoms with Crippen LogP contribution >= 0.6 is 0 Å². The molecule has 1 amide bonds. The first-order valence-corrected chi connectivity index (χ1v) is 6.56. The lowest BCUT2D eigenvalue weighted by Gasteiger charge is -2.32. The molecule has 0 N–H and O–H groups in total. The molecule has 0 fully saturated rings. The van der Waals surface area contributed by atoms with Crippen molar-refractivity contribution in [2.75, 3.05) is 11.5 Å². The third-order valence-corrected chi connectivity index (χ3v) is 3.28. The maximum absolute atomic E-state index is 12.3. The van der Waals surface area contributed by atoms with Gasteiger partial charge in [0.05, 0.1) is 30.9 Å². The van der Waals surface area contributed by atoms with Gasteiger partial charge in [-0.1, -0.05) is 30.4 Å². The number of hydrogen-bond acceptors (Lipinski definition) is 3. The van der Waals surface area contributed by atoms with Crippen LogP contribution in [0.15, 0.2) is 53.4 Å². The van der Waals surface area contributed by atoms with Crippen molar-refractivity contribution in [2.45, 2.75) is 13.0 Å². The molecule has 1 aliphatic rings. The molecule has 102 valence electrons. The van der Waals surface area contributed by atoms with Crippen molar-refractivity contribution >= 4 is 17.9 Å². The highest BCUT2D eigenvalue weighted by atomic mass is 16.6. The maximum atomic E-state index is 12.3. The molecule has 0 radical (unpaired) electrons. The molecule has 0 aliphatic carbocycles. The van der Waals surface area contributed by atoms with Gasteiger partial charge >= 0.3 is 6.09 Å². The number of fused-ring (bicyclic) bond motifs is 1. The van der Waals surface area contributed by atoms with Crippen LogP contribution in [-0.4, -0.2) is 12.7 Å². The van der Waals surface area contributed by atoms with Crippen LogP contribution < -0.4 is 4.90 Å². The Balaban J connectivity index is 2.06. The minimum absolute atomic E-state index is 0.206.